The van der Waals surface area contributed by atoms with E-state index in [2.05, 4.69) is 170 Å². The van der Waals surface area contributed by atoms with Gasteiger partial charge in [-0.1, -0.05) is 231 Å². The van der Waals surface area contributed by atoms with Crippen molar-refractivity contribution in [3.8, 4) is 0 Å². The van der Waals surface area contributed by atoms with Crippen molar-refractivity contribution in [2.24, 2.45) is 0 Å². The Morgan fingerprint density at radius 3 is 0.519 bits per heavy atom. The summed E-state index contributed by atoms with van der Waals surface area (Å²) in [7, 11) is 0. The molecule has 256 valence electrons. The molecule has 0 saturated carbocycles. The van der Waals surface area contributed by atoms with Crippen molar-refractivity contribution in [2.75, 3.05) is 0 Å². The number of carbonyl (C=O) groups excluding carboxylic acids is 1. The maximum Gasteiger partial charge on any atom is 0.193 e. The maximum atomic E-state index is 14.1. The Labute approximate surface area is 317 Å². The van der Waals surface area contributed by atoms with Crippen LogP contribution in [-0.2, 0) is 0 Å². The molecule has 1 heteroatoms. The minimum atomic E-state index is -0.0127. The zero-order chi connectivity index (χ0) is 36.5. The first kappa shape index (κ1) is 34.0. The molecule has 0 N–H and O–H groups in total. The molecule has 0 atom stereocenters. The first-order valence-corrected chi connectivity index (χ1v) is 18.3. The highest BCUT2D eigenvalue weighted by Crippen LogP contribution is 2.38. The first-order chi connectivity index (χ1) is 26.7. The molecule has 0 bridgehead atoms. The summed E-state index contributed by atoms with van der Waals surface area (Å²) in [4.78, 5) is 14.1. The molecule has 0 spiro atoms. The minimum absolute atomic E-state index is 0.0127. The third-order valence-electron chi connectivity index (χ3n) is 9.75. The van der Waals surface area contributed by atoms with Crippen LogP contribution in [0, 0.1) is 0 Å². The Bertz CT molecular complexity index is 2250. The van der Waals surface area contributed by atoms with Crippen molar-refractivity contribution < 1.29 is 4.79 Å². The molecule has 0 unspecified atom stereocenters. The van der Waals surface area contributed by atoms with Crippen LogP contribution < -0.4 is 0 Å². The molecule has 0 heterocycles. The van der Waals surface area contributed by atoms with E-state index < -0.39 is 0 Å². The second-order valence-corrected chi connectivity index (χ2v) is 13.2. The molecule has 0 radical (unpaired) electrons. The predicted octanol–water partition coefficient (Wildman–Crippen LogP) is 12.9. The summed E-state index contributed by atoms with van der Waals surface area (Å²) in [6.45, 7) is 0. The van der Waals surface area contributed by atoms with Gasteiger partial charge in [0, 0.05) is 11.1 Å². The van der Waals surface area contributed by atoms with Crippen LogP contribution in [0.3, 0.4) is 0 Å². The largest absolute Gasteiger partial charge is 0.289 e. The number of benzene rings is 8. The average molecular weight is 691 g/mol. The highest BCUT2D eigenvalue weighted by atomic mass is 16.1. The van der Waals surface area contributed by atoms with E-state index in [0.717, 1.165) is 66.8 Å². The van der Waals surface area contributed by atoms with E-state index in [0.29, 0.717) is 11.1 Å². The second kappa shape index (κ2) is 16.1. The van der Waals surface area contributed by atoms with E-state index in [1.165, 1.54) is 0 Å². The van der Waals surface area contributed by atoms with Crippen LogP contribution in [-0.4, -0.2) is 5.78 Å². The van der Waals surface area contributed by atoms with Crippen LogP contribution in [0.1, 0.15) is 60.4 Å². The SMILES string of the molecule is O=C(c1ccc(C(=C(c2ccccc2)c2ccccc2)c2ccccc2)cc1)c1ccc(C(=C(c2ccccc2)c2ccccc2)c2ccccc2)cc1. The summed E-state index contributed by atoms with van der Waals surface area (Å²) in [6.07, 6.45) is 0. The molecular formula is C53H38O. The summed E-state index contributed by atoms with van der Waals surface area (Å²) in [5.41, 5.74) is 14.7. The van der Waals surface area contributed by atoms with Gasteiger partial charge in [-0.3, -0.25) is 4.79 Å². The van der Waals surface area contributed by atoms with Gasteiger partial charge in [-0.2, -0.15) is 0 Å². The van der Waals surface area contributed by atoms with Gasteiger partial charge in [-0.15, -0.1) is 0 Å². The predicted molar refractivity (Wildman–Crippen MR) is 225 cm³/mol. The lowest BCUT2D eigenvalue weighted by Gasteiger charge is -2.18. The third-order valence-corrected chi connectivity index (χ3v) is 9.75. The van der Waals surface area contributed by atoms with Crippen molar-refractivity contribution in [3.63, 3.8) is 0 Å². The standard InChI is InChI=1S/C53H38O/c54-53(47-35-31-45(32-36-47)51(43-27-15-5-16-28-43)49(39-19-7-1-8-20-39)40-21-9-2-10-22-40)48-37-33-46(34-38-48)52(44-29-17-6-18-30-44)50(41-23-11-3-12-24-41)42-25-13-4-14-26-42/h1-38H. The Morgan fingerprint density at radius 2 is 0.333 bits per heavy atom. The molecule has 0 amide bonds. The molecule has 1 nitrogen and oxygen atoms in total. The topological polar surface area (TPSA) is 17.1 Å². The summed E-state index contributed by atoms with van der Waals surface area (Å²) in [5, 5.41) is 0. The van der Waals surface area contributed by atoms with E-state index in [9.17, 15) is 4.79 Å². The molecule has 8 aromatic carbocycles. The maximum absolute atomic E-state index is 14.1. The van der Waals surface area contributed by atoms with Crippen molar-refractivity contribution in [3.05, 3.63) is 286 Å². The van der Waals surface area contributed by atoms with Crippen molar-refractivity contribution in [1.29, 1.82) is 0 Å². The number of rotatable bonds is 10. The summed E-state index contributed by atoms with van der Waals surface area (Å²) < 4.78 is 0. The van der Waals surface area contributed by atoms with Crippen molar-refractivity contribution in [1.82, 2.24) is 0 Å². The number of hydrogen-bond donors (Lipinski definition) is 0. The zero-order valence-electron chi connectivity index (χ0n) is 29.8. The van der Waals surface area contributed by atoms with Crippen LogP contribution >= 0.6 is 0 Å². The fourth-order valence-corrected chi connectivity index (χ4v) is 7.19. The Morgan fingerprint density at radius 1 is 0.185 bits per heavy atom. The molecule has 8 rings (SSSR count). The molecule has 0 saturated heterocycles. The number of carbonyl (C=O) groups is 1. The zero-order valence-corrected chi connectivity index (χ0v) is 29.8. The van der Waals surface area contributed by atoms with Gasteiger partial charge in [-0.05, 0) is 66.8 Å². The van der Waals surface area contributed by atoms with Gasteiger partial charge in [0.1, 0.15) is 0 Å². The Kier molecular flexibility index (Phi) is 10.1. The molecule has 0 aliphatic carbocycles. The molecule has 8 aromatic rings. The van der Waals surface area contributed by atoms with Gasteiger partial charge in [0.25, 0.3) is 0 Å². The molecule has 0 aliphatic heterocycles. The molecular weight excluding hydrogens is 653 g/mol. The van der Waals surface area contributed by atoms with Crippen molar-refractivity contribution >= 4 is 28.1 Å². The summed E-state index contributed by atoms with van der Waals surface area (Å²) in [5.74, 6) is -0.0127. The Balaban J connectivity index is 1.19. The van der Waals surface area contributed by atoms with Gasteiger partial charge in [0.05, 0.1) is 0 Å². The van der Waals surface area contributed by atoms with Gasteiger partial charge >= 0.3 is 0 Å². The third kappa shape index (κ3) is 7.30. The molecule has 0 fully saturated rings. The first-order valence-electron chi connectivity index (χ1n) is 18.3. The van der Waals surface area contributed by atoms with E-state index in [4.69, 9.17) is 0 Å². The van der Waals surface area contributed by atoms with Crippen LogP contribution in [0.15, 0.2) is 231 Å². The number of hydrogen-bond acceptors (Lipinski definition) is 1. The quantitative estimate of drug-likeness (QED) is 0.103. The lowest BCUT2D eigenvalue weighted by molar-refractivity contribution is 0.103. The highest BCUT2D eigenvalue weighted by Gasteiger charge is 2.19. The lowest BCUT2D eigenvalue weighted by atomic mass is 9.85. The fraction of sp³-hybridized carbons (Fsp3) is 0. The fourth-order valence-electron chi connectivity index (χ4n) is 7.19. The van der Waals surface area contributed by atoms with Gasteiger partial charge in [-0.25, -0.2) is 0 Å². The van der Waals surface area contributed by atoms with Gasteiger partial charge in [0.15, 0.2) is 5.78 Å². The highest BCUT2D eigenvalue weighted by molar-refractivity contribution is 6.11. The smallest absolute Gasteiger partial charge is 0.193 e. The van der Waals surface area contributed by atoms with E-state index in [1.807, 2.05) is 60.7 Å². The number of ketones is 1. The van der Waals surface area contributed by atoms with E-state index >= 15 is 0 Å². The molecule has 54 heavy (non-hydrogen) atoms. The van der Waals surface area contributed by atoms with E-state index in [-0.39, 0.29) is 5.78 Å². The molecule has 0 aliphatic rings. The Hall–Kier alpha value is -7.09. The summed E-state index contributed by atoms with van der Waals surface area (Å²) in [6, 6.07) is 79.3. The van der Waals surface area contributed by atoms with Crippen molar-refractivity contribution in [2.45, 2.75) is 0 Å². The van der Waals surface area contributed by atoms with Crippen LogP contribution in [0.5, 0.6) is 0 Å². The second-order valence-electron chi connectivity index (χ2n) is 13.2. The normalized spacial score (nSPS) is 10.7. The van der Waals surface area contributed by atoms with E-state index in [1.54, 1.807) is 0 Å². The van der Waals surface area contributed by atoms with Crippen LogP contribution in [0.4, 0.5) is 0 Å². The lowest BCUT2D eigenvalue weighted by Crippen LogP contribution is -2.03. The average Bonchev–Trinajstić information content (AvgIpc) is 3.26. The van der Waals surface area contributed by atoms with Gasteiger partial charge in [0.2, 0.25) is 0 Å². The van der Waals surface area contributed by atoms with Crippen LogP contribution in [0.2, 0.25) is 0 Å². The molecule has 0 aromatic heterocycles. The van der Waals surface area contributed by atoms with Crippen LogP contribution in [0.25, 0.3) is 22.3 Å². The summed E-state index contributed by atoms with van der Waals surface area (Å²) >= 11 is 0. The minimum Gasteiger partial charge on any atom is -0.289 e. The monoisotopic (exact) mass is 690 g/mol. The van der Waals surface area contributed by atoms with Gasteiger partial charge < -0.3 is 0 Å².